The van der Waals surface area contributed by atoms with Gasteiger partial charge in [-0.1, -0.05) is 60.7 Å². The van der Waals surface area contributed by atoms with Crippen LogP contribution in [0.25, 0.3) is 10.8 Å². The molecule has 0 unspecified atom stereocenters. The maximum absolute atomic E-state index is 2.41. The molecule has 0 aliphatic carbocycles. The molecular weight excluding hydrogens is 343 g/mol. The summed E-state index contributed by atoms with van der Waals surface area (Å²) in [4.78, 5) is 0. The summed E-state index contributed by atoms with van der Waals surface area (Å²) in [6.07, 6.45) is 2.20. The molecule has 3 aromatic carbocycles. The maximum Gasteiger partial charge on any atom is 0.0208 e. The van der Waals surface area contributed by atoms with Gasteiger partial charge in [0.05, 0.1) is 0 Å². The van der Waals surface area contributed by atoms with E-state index in [1.54, 1.807) is 0 Å². The fourth-order valence-electron chi connectivity index (χ4n) is 2.47. The molecule has 0 amide bonds. The highest BCUT2D eigenvalue weighted by Crippen LogP contribution is 2.25. The van der Waals surface area contributed by atoms with Gasteiger partial charge in [-0.3, -0.25) is 0 Å². The summed E-state index contributed by atoms with van der Waals surface area (Å²) in [6.45, 7) is 0. The molecule has 0 radical (unpaired) electrons. The van der Waals surface area contributed by atoms with Crippen molar-refractivity contribution in [2.45, 2.75) is 12.8 Å². The Morgan fingerprint density at radius 1 is 0.632 bits per heavy atom. The number of aryl methyl sites for hydroxylation is 2. The third kappa shape index (κ3) is 2.81. The van der Waals surface area contributed by atoms with E-state index in [1.807, 2.05) is 0 Å². The second-order valence-electron chi connectivity index (χ2n) is 4.74. The predicted molar refractivity (Wildman–Crippen MR) is 90.5 cm³/mol. The second kappa shape index (κ2) is 5.74. The van der Waals surface area contributed by atoms with Crippen LogP contribution in [0.3, 0.4) is 0 Å². The lowest BCUT2D eigenvalue weighted by Gasteiger charge is -2.08. The lowest BCUT2D eigenvalue weighted by molar-refractivity contribution is 0.969. The Labute approximate surface area is 127 Å². The summed E-state index contributed by atoms with van der Waals surface area (Å²) in [7, 11) is 0. The van der Waals surface area contributed by atoms with Crippen LogP contribution in [0.2, 0.25) is 0 Å². The molecule has 0 N–H and O–H groups in total. The summed E-state index contributed by atoms with van der Waals surface area (Å²) >= 11 is 2.41. The minimum absolute atomic E-state index is 1.10. The van der Waals surface area contributed by atoms with Gasteiger partial charge in [0.1, 0.15) is 0 Å². The Kier molecular flexibility index (Phi) is 3.83. The van der Waals surface area contributed by atoms with E-state index in [9.17, 15) is 0 Å². The van der Waals surface area contributed by atoms with Crippen LogP contribution in [0.15, 0.2) is 66.7 Å². The zero-order valence-corrected chi connectivity index (χ0v) is 12.8. The topological polar surface area (TPSA) is 0 Å². The lowest BCUT2D eigenvalue weighted by atomic mass is 9.99. The number of benzene rings is 3. The maximum atomic E-state index is 2.41. The first kappa shape index (κ1) is 12.7. The van der Waals surface area contributed by atoms with Crippen LogP contribution >= 0.6 is 22.6 Å². The van der Waals surface area contributed by atoms with E-state index in [0.717, 1.165) is 12.8 Å². The monoisotopic (exact) mass is 358 g/mol. The first-order valence-corrected chi connectivity index (χ1v) is 7.62. The number of hydrogen-bond donors (Lipinski definition) is 0. The second-order valence-corrected chi connectivity index (χ2v) is 5.90. The molecule has 0 aliphatic heterocycles. The fraction of sp³-hybridized carbons (Fsp3) is 0.111. The molecule has 0 atom stereocenters. The van der Waals surface area contributed by atoms with E-state index in [2.05, 4.69) is 89.3 Å². The zero-order valence-electron chi connectivity index (χ0n) is 10.6. The van der Waals surface area contributed by atoms with Crippen molar-refractivity contribution in [3.05, 3.63) is 81.4 Å². The smallest absolute Gasteiger partial charge is 0.0208 e. The number of hydrogen-bond acceptors (Lipinski definition) is 0. The minimum atomic E-state index is 1.10. The van der Waals surface area contributed by atoms with Crippen molar-refractivity contribution in [2.75, 3.05) is 0 Å². The van der Waals surface area contributed by atoms with Crippen molar-refractivity contribution >= 4 is 33.4 Å². The average Bonchev–Trinajstić information content (AvgIpc) is 2.48. The molecule has 0 nitrogen and oxygen atoms in total. The van der Waals surface area contributed by atoms with Crippen LogP contribution in [0.1, 0.15) is 11.1 Å². The van der Waals surface area contributed by atoms with Gasteiger partial charge in [-0.25, -0.2) is 0 Å². The number of halogens is 1. The highest BCUT2D eigenvalue weighted by Gasteiger charge is 2.04. The quantitative estimate of drug-likeness (QED) is 0.563. The van der Waals surface area contributed by atoms with Gasteiger partial charge in [0.2, 0.25) is 0 Å². The zero-order chi connectivity index (χ0) is 13.1. The standard InChI is InChI=1S/C18H15I/c19-18-13-12-15(16-8-4-5-9-17(16)18)11-10-14-6-2-1-3-7-14/h1-9,12-13H,10-11H2. The summed E-state index contributed by atoms with van der Waals surface area (Å²) < 4.78 is 1.33. The Hall–Kier alpha value is -1.35. The summed E-state index contributed by atoms with van der Waals surface area (Å²) in [5.74, 6) is 0. The van der Waals surface area contributed by atoms with Crippen LogP contribution in [-0.4, -0.2) is 0 Å². The normalized spacial score (nSPS) is 10.8. The summed E-state index contributed by atoms with van der Waals surface area (Å²) in [6, 6.07) is 23.9. The molecule has 0 bridgehead atoms. The Morgan fingerprint density at radius 3 is 2.11 bits per heavy atom. The van der Waals surface area contributed by atoms with Gasteiger partial charge in [0.25, 0.3) is 0 Å². The van der Waals surface area contributed by atoms with Gasteiger partial charge in [-0.05, 0) is 63.4 Å². The molecule has 94 valence electrons. The Balaban J connectivity index is 1.91. The van der Waals surface area contributed by atoms with Crippen LogP contribution < -0.4 is 0 Å². The molecule has 0 fully saturated rings. The van der Waals surface area contributed by atoms with Crippen molar-refractivity contribution in [1.82, 2.24) is 0 Å². The van der Waals surface area contributed by atoms with Gasteiger partial charge in [-0.2, -0.15) is 0 Å². The summed E-state index contributed by atoms with van der Waals surface area (Å²) in [5.41, 5.74) is 2.85. The predicted octanol–water partition coefficient (Wildman–Crippen LogP) is 5.23. The van der Waals surface area contributed by atoms with Crippen LogP contribution in [0.5, 0.6) is 0 Å². The molecule has 3 aromatic rings. The van der Waals surface area contributed by atoms with Crippen molar-refractivity contribution in [3.63, 3.8) is 0 Å². The molecular formula is C18H15I. The first-order valence-electron chi connectivity index (χ1n) is 6.54. The highest BCUT2D eigenvalue weighted by molar-refractivity contribution is 14.1. The van der Waals surface area contributed by atoms with Gasteiger partial charge >= 0.3 is 0 Å². The van der Waals surface area contributed by atoms with Gasteiger partial charge in [0, 0.05) is 3.57 Å². The van der Waals surface area contributed by atoms with Crippen LogP contribution in [0.4, 0.5) is 0 Å². The number of rotatable bonds is 3. The molecule has 3 rings (SSSR count). The number of fused-ring (bicyclic) bond motifs is 1. The molecule has 0 spiro atoms. The Bertz CT molecular complexity index is 686. The summed E-state index contributed by atoms with van der Waals surface area (Å²) in [5, 5.41) is 2.76. The van der Waals surface area contributed by atoms with E-state index in [-0.39, 0.29) is 0 Å². The van der Waals surface area contributed by atoms with Crippen LogP contribution in [-0.2, 0) is 12.8 Å². The Morgan fingerprint density at radius 2 is 1.32 bits per heavy atom. The van der Waals surface area contributed by atoms with E-state index in [4.69, 9.17) is 0 Å². The van der Waals surface area contributed by atoms with Crippen LogP contribution in [0, 0.1) is 3.57 Å². The third-order valence-electron chi connectivity index (χ3n) is 3.49. The first-order chi connectivity index (χ1) is 9.34. The van der Waals surface area contributed by atoms with Crippen molar-refractivity contribution < 1.29 is 0 Å². The van der Waals surface area contributed by atoms with E-state index in [0.29, 0.717) is 0 Å². The van der Waals surface area contributed by atoms with E-state index >= 15 is 0 Å². The molecule has 0 saturated heterocycles. The molecule has 0 aromatic heterocycles. The van der Waals surface area contributed by atoms with Gasteiger partial charge < -0.3 is 0 Å². The molecule has 1 heteroatoms. The average molecular weight is 358 g/mol. The molecule has 19 heavy (non-hydrogen) atoms. The van der Waals surface area contributed by atoms with Gasteiger partial charge in [0.15, 0.2) is 0 Å². The van der Waals surface area contributed by atoms with Crippen molar-refractivity contribution in [1.29, 1.82) is 0 Å². The highest BCUT2D eigenvalue weighted by atomic mass is 127. The fourth-order valence-corrected chi connectivity index (χ4v) is 3.12. The van der Waals surface area contributed by atoms with Gasteiger partial charge in [-0.15, -0.1) is 0 Å². The largest absolute Gasteiger partial charge is 0.0622 e. The van der Waals surface area contributed by atoms with E-state index in [1.165, 1.54) is 25.5 Å². The lowest BCUT2D eigenvalue weighted by Crippen LogP contribution is -1.93. The SMILES string of the molecule is Ic1ccc(CCc2ccccc2)c2ccccc12. The van der Waals surface area contributed by atoms with Crippen molar-refractivity contribution in [3.8, 4) is 0 Å². The molecule has 0 heterocycles. The molecule has 0 aliphatic rings. The molecule has 0 saturated carbocycles. The third-order valence-corrected chi connectivity index (χ3v) is 4.43. The van der Waals surface area contributed by atoms with E-state index < -0.39 is 0 Å². The van der Waals surface area contributed by atoms with Crippen molar-refractivity contribution in [2.24, 2.45) is 0 Å². The minimum Gasteiger partial charge on any atom is -0.0622 e.